The Morgan fingerprint density at radius 1 is 1.38 bits per heavy atom. The van der Waals surface area contributed by atoms with Gasteiger partial charge in [-0.3, -0.25) is 4.79 Å². The van der Waals surface area contributed by atoms with Crippen molar-refractivity contribution in [2.45, 2.75) is 38.7 Å². The van der Waals surface area contributed by atoms with Crippen LogP contribution in [0.25, 0.3) is 0 Å². The molecule has 0 bridgehead atoms. The van der Waals surface area contributed by atoms with Gasteiger partial charge in [-0.25, -0.2) is 0 Å². The van der Waals surface area contributed by atoms with Crippen LogP contribution in [0.1, 0.15) is 42.4 Å². The van der Waals surface area contributed by atoms with Gasteiger partial charge in [-0.2, -0.15) is 0 Å². The van der Waals surface area contributed by atoms with Crippen molar-refractivity contribution in [3.63, 3.8) is 0 Å². The summed E-state index contributed by atoms with van der Waals surface area (Å²) in [5.41, 5.74) is 1.20. The van der Waals surface area contributed by atoms with Gasteiger partial charge in [-0.1, -0.05) is 29.0 Å². The predicted molar refractivity (Wildman–Crippen MR) is 92.4 cm³/mol. The van der Waals surface area contributed by atoms with E-state index in [1.165, 1.54) is 16.9 Å². The van der Waals surface area contributed by atoms with Gasteiger partial charge in [0.25, 0.3) is 0 Å². The molecule has 1 N–H and O–H groups in total. The molecule has 0 aliphatic carbocycles. The SMILES string of the molecule is Cc1ccc(OCCCC(=O)Nc2nnc([C@@H]3CCCO3)s2)cc1. The minimum absolute atomic E-state index is 0.0380. The number of nitrogens with one attached hydrogen (secondary N) is 1. The van der Waals surface area contributed by atoms with Gasteiger partial charge in [0.2, 0.25) is 11.0 Å². The maximum atomic E-state index is 11.9. The van der Waals surface area contributed by atoms with Gasteiger partial charge < -0.3 is 14.8 Å². The minimum Gasteiger partial charge on any atom is -0.494 e. The zero-order chi connectivity index (χ0) is 16.8. The van der Waals surface area contributed by atoms with Crippen LogP contribution in [0.3, 0.4) is 0 Å². The minimum atomic E-state index is -0.0717. The molecule has 0 unspecified atom stereocenters. The molecular formula is C17H21N3O3S. The Hall–Kier alpha value is -1.99. The quantitative estimate of drug-likeness (QED) is 0.776. The second kappa shape index (κ2) is 8.21. The normalized spacial score (nSPS) is 17.0. The number of benzene rings is 1. The molecule has 0 saturated carbocycles. The third-order valence-corrected chi connectivity index (χ3v) is 4.66. The fraction of sp³-hybridized carbons (Fsp3) is 0.471. The third kappa shape index (κ3) is 4.75. The molecule has 0 radical (unpaired) electrons. The number of amides is 1. The van der Waals surface area contributed by atoms with Crippen LogP contribution in [0.15, 0.2) is 24.3 Å². The molecule has 24 heavy (non-hydrogen) atoms. The number of aryl methyl sites for hydroxylation is 1. The van der Waals surface area contributed by atoms with Crippen molar-refractivity contribution in [3.05, 3.63) is 34.8 Å². The first-order valence-electron chi connectivity index (χ1n) is 8.15. The number of anilines is 1. The molecule has 128 valence electrons. The highest BCUT2D eigenvalue weighted by atomic mass is 32.1. The van der Waals surface area contributed by atoms with Gasteiger partial charge in [0.1, 0.15) is 16.9 Å². The molecule has 1 fully saturated rings. The van der Waals surface area contributed by atoms with E-state index >= 15 is 0 Å². The Bertz CT molecular complexity index is 666. The summed E-state index contributed by atoms with van der Waals surface area (Å²) in [7, 11) is 0. The molecule has 1 aliphatic rings. The zero-order valence-electron chi connectivity index (χ0n) is 13.7. The molecular weight excluding hydrogens is 326 g/mol. The Kier molecular flexibility index (Phi) is 5.77. The molecule has 2 heterocycles. The zero-order valence-corrected chi connectivity index (χ0v) is 14.5. The van der Waals surface area contributed by atoms with Crippen LogP contribution in [0, 0.1) is 6.92 Å². The summed E-state index contributed by atoms with van der Waals surface area (Å²) in [4.78, 5) is 11.9. The maximum absolute atomic E-state index is 11.9. The fourth-order valence-corrected chi connectivity index (χ4v) is 3.27. The van der Waals surface area contributed by atoms with Crippen LogP contribution in [0.2, 0.25) is 0 Å². The fourth-order valence-electron chi connectivity index (χ4n) is 2.43. The molecule has 7 heteroatoms. The number of nitrogens with zero attached hydrogens (tertiary/aromatic N) is 2. The van der Waals surface area contributed by atoms with Crippen molar-refractivity contribution >= 4 is 22.4 Å². The van der Waals surface area contributed by atoms with Crippen molar-refractivity contribution in [1.82, 2.24) is 10.2 Å². The Labute approximate surface area is 145 Å². The summed E-state index contributed by atoms with van der Waals surface area (Å²) in [6, 6.07) is 7.87. The number of aromatic nitrogens is 2. The van der Waals surface area contributed by atoms with Crippen LogP contribution in [0.5, 0.6) is 5.75 Å². The molecule has 1 atom stereocenters. The van der Waals surface area contributed by atoms with Gasteiger partial charge in [0.05, 0.1) is 6.61 Å². The van der Waals surface area contributed by atoms with E-state index in [1.54, 1.807) is 0 Å². The summed E-state index contributed by atoms with van der Waals surface area (Å²) in [5.74, 6) is 0.754. The van der Waals surface area contributed by atoms with E-state index in [1.807, 2.05) is 31.2 Å². The summed E-state index contributed by atoms with van der Waals surface area (Å²) < 4.78 is 11.2. The molecule has 6 nitrogen and oxygen atoms in total. The average molecular weight is 347 g/mol. The molecule has 1 aromatic heterocycles. The largest absolute Gasteiger partial charge is 0.494 e. The maximum Gasteiger partial charge on any atom is 0.226 e. The van der Waals surface area contributed by atoms with Gasteiger partial charge >= 0.3 is 0 Å². The van der Waals surface area contributed by atoms with Crippen LogP contribution in [0.4, 0.5) is 5.13 Å². The second-order valence-corrected chi connectivity index (χ2v) is 6.77. The van der Waals surface area contributed by atoms with Crippen molar-refractivity contribution in [1.29, 1.82) is 0 Å². The Balaban J connectivity index is 1.37. The van der Waals surface area contributed by atoms with E-state index in [0.717, 1.165) is 30.2 Å². The van der Waals surface area contributed by atoms with Gasteiger partial charge in [0.15, 0.2) is 0 Å². The monoisotopic (exact) mass is 347 g/mol. The number of carbonyl (C=O) groups is 1. The van der Waals surface area contributed by atoms with E-state index in [-0.39, 0.29) is 12.0 Å². The molecule has 1 aliphatic heterocycles. The van der Waals surface area contributed by atoms with E-state index in [9.17, 15) is 4.79 Å². The number of rotatable bonds is 7. The summed E-state index contributed by atoms with van der Waals surface area (Å²) in [5, 5.41) is 12.3. The molecule has 1 amide bonds. The molecule has 3 rings (SSSR count). The molecule has 2 aromatic rings. The van der Waals surface area contributed by atoms with Gasteiger partial charge in [-0.05, 0) is 38.3 Å². The van der Waals surface area contributed by atoms with Crippen molar-refractivity contribution < 1.29 is 14.3 Å². The van der Waals surface area contributed by atoms with Crippen molar-refractivity contribution in [2.24, 2.45) is 0 Å². The topological polar surface area (TPSA) is 73.3 Å². The van der Waals surface area contributed by atoms with Crippen LogP contribution in [-0.2, 0) is 9.53 Å². The van der Waals surface area contributed by atoms with E-state index < -0.39 is 0 Å². The average Bonchev–Trinajstić information content (AvgIpc) is 3.24. The van der Waals surface area contributed by atoms with E-state index in [0.29, 0.717) is 24.6 Å². The van der Waals surface area contributed by atoms with E-state index in [2.05, 4.69) is 15.5 Å². The highest BCUT2D eigenvalue weighted by Crippen LogP contribution is 2.31. The van der Waals surface area contributed by atoms with E-state index in [4.69, 9.17) is 9.47 Å². The number of hydrogen-bond acceptors (Lipinski definition) is 6. The van der Waals surface area contributed by atoms with Gasteiger partial charge in [0, 0.05) is 13.0 Å². The van der Waals surface area contributed by atoms with Crippen molar-refractivity contribution in [3.8, 4) is 5.75 Å². The Morgan fingerprint density at radius 2 is 2.21 bits per heavy atom. The second-order valence-electron chi connectivity index (χ2n) is 5.76. The molecule has 0 spiro atoms. The molecule has 1 aromatic carbocycles. The molecule has 1 saturated heterocycles. The van der Waals surface area contributed by atoms with Crippen LogP contribution < -0.4 is 10.1 Å². The summed E-state index contributed by atoms with van der Waals surface area (Å²) in [6.07, 6.45) is 3.10. The lowest BCUT2D eigenvalue weighted by molar-refractivity contribution is -0.116. The van der Waals surface area contributed by atoms with Crippen LogP contribution in [-0.4, -0.2) is 29.3 Å². The number of ether oxygens (including phenoxy) is 2. The highest BCUT2D eigenvalue weighted by molar-refractivity contribution is 7.15. The first kappa shape index (κ1) is 16.9. The number of carbonyl (C=O) groups excluding carboxylic acids is 1. The first-order chi connectivity index (χ1) is 11.7. The van der Waals surface area contributed by atoms with Crippen molar-refractivity contribution in [2.75, 3.05) is 18.5 Å². The number of hydrogen-bond donors (Lipinski definition) is 1. The Morgan fingerprint density at radius 3 is 2.96 bits per heavy atom. The summed E-state index contributed by atoms with van der Waals surface area (Å²) >= 11 is 1.39. The third-order valence-electron chi connectivity index (χ3n) is 3.73. The highest BCUT2D eigenvalue weighted by Gasteiger charge is 2.22. The summed E-state index contributed by atoms with van der Waals surface area (Å²) in [6.45, 7) is 3.31. The lowest BCUT2D eigenvalue weighted by Crippen LogP contribution is -2.12. The lowest BCUT2D eigenvalue weighted by atomic mass is 10.2. The predicted octanol–water partition coefficient (Wildman–Crippen LogP) is 3.50. The standard InChI is InChI=1S/C17H21N3O3S/c1-12-6-8-13(9-7-12)22-10-3-5-15(21)18-17-20-19-16(24-17)14-4-2-11-23-14/h6-9,14H,2-5,10-11H2,1H3,(H,18,20,21)/t14-/m0/s1. The van der Waals surface area contributed by atoms with Crippen LogP contribution >= 0.6 is 11.3 Å². The first-order valence-corrected chi connectivity index (χ1v) is 8.97. The smallest absolute Gasteiger partial charge is 0.226 e. The lowest BCUT2D eigenvalue weighted by Gasteiger charge is -2.06. The van der Waals surface area contributed by atoms with Gasteiger partial charge in [-0.15, -0.1) is 10.2 Å².